The first-order valence-electron chi connectivity index (χ1n) is 5.44. The lowest BCUT2D eigenvalue weighted by molar-refractivity contribution is 0.00556. The van der Waals surface area contributed by atoms with E-state index in [1.54, 1.807) is 0 Å². The fourth-order valence-corrected chi connectivity index (χ4v) is 1.32. The van der Waals surface area contributed by atoms with Crippen molar-refractivity contribution < 1.29 is 4.84 Å². The number of rotatable bonds is 7. The van der Waals surface area contributed by atoms with Gasteiger partial charge in [-0.25, -0.2) is 0 Å². The van der Waals surface area contributed by atoms with Crippen LogP contribution in [0.2, 0.25) is 0 Å². The average molecular weight is 208 g/mol. The van der Waals surface area contributed by atoms with Gasteiger partial charge < -0.3 is 5.73 Å². The highest BCUT2D eigenvalue weighted by Crippen LogP contribution is 2.00. The summed E-state index contributed by atoms with van der Waals surface area (Å²) in [5.74, 6) is 0. The van der Waals surface area contributed by atoms with E-state index in [4.69, 9.17) is 10.6 Å². The standard InChI is InChI=1S/C12H20N2O/c1-11(6-5-9-13)14-15-10-12-7-3-2-4-8-12/h2-4,7-8,11,14H,5-6,9-10,13H2,1H3. The normalized spacial score (nSPS) is 12.7. The van der Waals surface area contributed by atoms with E-state index in [0.717, 1.165) is 19.4 Å². The minimum atomic E-state index is 0.359. The van der Waals surface area contributed by atoms with E-state index in [1.165, 1.54) is 5.56 Å². The molecule has 0 aromatic heterocycles. The molecule has 0 saturated heterocycles. The van der Waals surface area contributed by atoms with Crippen LogP contribution in [0.15, 0.2) is 30.3 Å². The highest BCUT2D eigenvalue weighted by atomic mass is 16.6. The lowest BCUT2D eigenvalue weighted by Gasteiger charge is -2.12. The van der Waals surface area contributed by atoms with Gasteiger partial charge in [0.2, 0.25) is 0 Å². The average Bonchev–Trinajstić information content (AvgIpc) is 2.28. The van der Waals surface area contributed by atoms with E-state index in [2.05, 4.69) is 12.4 Å². The van der Waals surface area contributed by atoms with Gasteiger partial charge in [-0.05, 0) is 31.9 Å². The van der Waals surface area contributed by atoms with Crippen molar-refractivity contribution in [3.63, 3.8) is 0 Å². The summed E-state index contributed by atoms with van der Waals surface area (Å²) in [7, 11) is 0. The summed E-state index contributed by atoms with van der Waals surface area (Å²) in [6.07, 6.45) is 2.08. The second-order valence-corrected chi connectivity index (χ2v) is 3.72. The van der Waals surface area contributed by atoms with Crippen molar-refractivity contribution in [3.8, 4) is 0 Å². The van der Waals surface area contributed by atoms with Crippen molar-refractivity contribution in [2.45, 2.75) is 32.4 Å². The molecule has 0 amide bonds. The first-order chi connectivity index (χ1) is 7.33. The van der Waals surface area contributed by atoms with Gasteiger partial charge in [-0.3, -0.25) is 4.84 Å². The Morgan fingerprint density at radius 3 is 2.73 bits per heavy atom. The molecule has 1 unspecified atom stereocenters. The highest BCUT2D eigenvalue weighted by molar-refractivity contribution is 5.13. The summed E-state index contributed by atoms with van der Waals surface area (Å²) in [6, 6.07) is 10.5. The summed E-state index contributed by atoms with van der Waals surface area (Å²) in [6.45, 7) is 3.44. The maximum absolute atomic E-state index is 5.43. The number of nitrogens with two attached hydrogens (primary N) is 1. The van der Waals surface area contributed by atoms with Crippen LogP contribution in [0.5, 0.6) is 0 Å². The zero-order chi connectivity index (χ0) is 10.9. The van der Waals surface area contributed by atoms with Gasteiger partial charge in [0.15, 0.2) is 0 Å². The lowest BCUT2D eigenvalue weighted by Crippen LogP contribution is -2.26. The Balaban J connectivity index is 2.11. The molecule has 15 heavy (non-hydrogen) atoms. The third-order valence-corrected chi connectivity index (χ3v) is 2.21. The number of hydrogen-bond donors (Lipinski definition) is 2. The van der Waals surface area contributed by atoms with Crippen molar-refractivity contribution in [3.05, 3.63) is 35.9 Å². The molecule has 0 heterocycles. The first-order valence-corrected chi connectivity index (χ1v) is 5.44. The van der Waals surface area contributed by atoms with Gasteiger partial charge in [-0.2, -0.15) is 5.48 Å². The summed E-state index contributed by atoms with van der Waals surface area (Å²) < 4.78 is 0. The molecule has 0 aliphatic rings. The molecule has 1 aromatic rings. The molecule has 0 aliphatic heterocycles. The van der Waals surface area contributed by atoms with Crippen molar-refractivity contribution in [2.75, 3.05) is 6.54 Å². The predicted molar refractivity (Wildman–Crippen MR) is 62.1 cm³/mol. The number of nitrogens with one attached hydrogen (secondary N) is 1. The van der Waals surface area contributed by atoms with E-state index in [-0.39, 0.29) is 0 Å². The molecule has 0 radical (unpaired) electrons. The molecule has 0 saturated carbocycles. The SMILES string of the molecule is CC(CCCN)NOCc1ccccc1. The van der Waals surface area contributed by atoms with Crippen LogP contribution in [-0.4, -0.2) is 12.6 Å². The lowest BCUT2D eigenvalue weighted by atomic mass is 10.2. The van der Waals surface area contributed by atoms with Crippen molar-refractivity contribution in [2.24, 2.45) is 5.73 Å². The van der Waals surface area contributed by atoms with Crippen LogP contribution in [0.4, 0.5) is 0 Å². The minimum absolute atomic E-state index is 0.359. The molecule has 0 bridgehead atoms. The highest BCUT2D eigenvalue weighted by Gasteiger charge is 2.00. The molecule has 1 rings (SSSR count). The molecule has 84 valence electrons. The number of hydroxylamine groups is 1. The first kappa shape index (κ1) is 12.2. The van der Waals surface area contributed by atoms with Crippen molar-refractivity contribution in [1.82, 2.24) is 5.48 Å². The molecule has 3 heteroatoms. The van der Waals surface area contributed by atoms with E-state index >= 15 is 0 Å². The molecule has 3 N–H and O–H groups in total. The van der Waals surface area contributed by atoms with Crippen molar-refractivity contribution in [1.29, 1.82) is 0 Å². The van der Waals surface area contributed by atoms with Crippen LogP contribution < -0.4 is 11.2 Å². The molecule has 1 atom stereocenters. The number of hydrogen-bond acceptors (Lipinski definition) is 3. The van der Waals surface area contributed by atoms with E-state index in [0.29, 0.717) is 12.6 Å². The molecule has 0 aliphatic carbocycles. The molecule has 3 nitrogen and oxygen atoms in total. The molecular formula is C12H20N2O. The number of benzene rings is 1. The van der Waals surface area contributed by atoms with Gasteiger partial charge >= 0.3 is 0 Å². The fraction of sp³-hybridized carbons (Fsp3) is 0.500. The molecule has 0 spiro atoms. The second kappa shape index (κ2) is 7.40. The second-order valence-electron chi connectivity index (χ2n) is 3.72. The smallest absolute Gasteiger partial charge is 0.0933 e. The zero-order valence-corrected chi connectivity index (χ0v) is 9.28. The van der Waals surface area contributed by atoms with Gasteiger partial charge in [0.25, 0.3) is 0 Å². The summed E-state index contributed by atoms with van der Waals surface area (Å²) in [5, 5.41) is 0. The van der Waals surface area contributed by atoms with Gasteiger partial charge in [0.1, 0.15) is 0 Å². The maximum Gasteiger partial charge on any atom is 0.0933 e. The Morgan fingerprint density at radius 2 is 2.07 bits per heavy atom. The third kappa shape index (κ3) is 5.52. The molecule has 0 fully saturated rings. The van der Waals surface area contributed by atoms with Gasteiger partial charge in [-0.15, -0.1) is 0 Å². The van der Waals surface area contributed by atoms with Crippen molar-refractivity contribution >= 4 is 0 Å². The summed E-state index contributed by atoms with van der Waals surface area (Å²) in [4.78, 5) is 5.39. The maximum atomic E-state index is 5.43. The van der Waals surface area contributed by atoms with Crippen LogP contribution in [-0.2, 0) is 11.4 Å². The molecule has 1 aromatic carbocycles. The summed E-state index contributed by atoms with van der Waals surface area (Å²) >= 11 is 0. The van der Waals surface area contributed by atoms with Crippen LogP contribution in [0.3, 0.4) is 0 Å². The summed E-state index contributed by atoms with van der Waals surface area (Å²) in [5.41, 5.74) is 9.62. The van der Waals surface area contributed by atoms with Gasteiger partial charge in [-0.1, -0.05) is 30.3 Å². The topological polar surface area (TPSA) is 47.3 Å². The van der Waals surface area contributed by atoms with Gasteiger partial charge in [0, 0.05) is 6.04 Å². The monoisotopic (exact) mass is 208 g/mol. The minimum Gasteiger partial charge on any atom is -0.330 e. The van der Waals surface area contributed by atoms with E-state index in [9.17, 15) is 0 Å². The van der Waals surface area contributed by atoms with Crippen LogP contribution >= 0.6 is 0 Å². The Bertz CT molecular complexity index is 251. The largest absolute Gasteiger partial charge is 0.330 e. The van der Waals surface area contributed by atoms with Crippen LogP contribution in [0, 0.1) is 0 Å². The fourth-order valence-electron chi connectivity index (χ4n) is 1.32. The van der Waals surface area contributed by atoms with Crippen LogP contribution in [0.25, 0.3) is 0 Å². The Kier molecular flexibility index (Phi) is 6.00. The molecular weight excluding hydrogens is 188 g/mol. The van der Waals surface area contributed by atoms with E-state index in [1.807, 2.05) is 30.3 Å². The van der Waals surface area contributed by atoms with Crippen LogP contribution in [0.1, 0.15) is 25.3 Å². The predicted octanol–water partition coefficient (Wildman–Crippen LogP) is 1.84. The van der Waals surface area contributed by atoms with Gasteiger partial charge in [0.05, 0.1) is 6.61 Å². The Hall–Kier alpha value is -0.900. The Morgan fingerprint density at radius 1 is 1.33 bits per heavy atom. The zero-order valence-electron chi connectivity index (χ0n) is 9.28. The Labute approximate surface area is 91.6 Å². The van der Waals surface area contributed by atoms with E-state index < -0.39 is 0 Å². The quantitative estimate of drug-likeness (QED) is 0.672. The third-order valence-electron chi connectivity index (χ3n) is 2.21.